The van der Waals surface area contributed by atoms with Gasteiger partial charge in [0.25, 0.3) is 0 Å². The number of hydrogen-bond acceptors (Lipinski definition) is 5. The standard InChI is InChI=1S/C11H21N3O2S/c1-9(2)13-11(6-12)7-14-4-5-17(15,16)8-10(14)3/h9-11,13H,4-5,7-8H2,1-3H3. The van der Waals surface area contributed by atoms with E-state index in [1.165, 1.54) is 0 Å². The molecule has 5 nitrogen and oxygen atoms in total. The zero-order valence-corrected chi connectivity index (χ0v) is 11.5. The summed E-state index contributed by atoms with van der Waals surface area (Å²) in [6, 6.07) is 2.23. The third-order valence-electron chi connectivity index (χ3n) is 2.92. The van der Waals surface area contributed by atoms with E-state index in [0.29, 0.717) is 13.1 Å². The second-order valence-electron chi connectivity index (χ2n) is 4.96. The van der Waals surface area contributed by atoms with Crippen LogP contribution in [0.4, 0.5) is 0 Å². The van der Waals surface area contributed by atoms with E-state index in [1.807, 2.05) is 20.8 Å². The molecular formula is C11H21N3O2S. The van der Waals surface area contributed by atoms with Crippen LogP contribution >= 0.6 is 0 Å². The zero-order valence-electron chi connectivity index (χ0n) is 10.7. The number of nitrogens with one attached hydrogen (secondary N) is 1. The summed E-state index contributed by atoms with van der Waals surface area (Å²) < 4.78 is 22.9. The van der Waals surface area contributed by atoms with Crippen LogP contribution < -0.4 is 5.32 Å². The van der Waals surface area contributed by atoms with Crippen LogP contribution in [-0.4, -0.2) is 56.0 Å². The predicted octanol–water partition coefficient (Wildman–Crippen LogP) is -0.00452. The lowest BCUT2D eigenvalue weighted by Gasteiger charge is -2.34. The topological polar surface area (TPSA) is 73.2 Å². The van der Waals surface area contributed by atoms with Crippen molar-refractivity contribution in [2.75, 3.05) is 24.6 Å². The Labute approximate surface area is 104 Å². The summed E-state index contributed by atoms with van der Waals surface area (Å²) in [5, 5.41) is 12.2. The Morgan fingerprint density at radius 1 is 1.53 bits per heavy atom. The van der Waals surface area contributed by atoms with E-state index in [-0.39, 0.29) is 29.6 Å². The van der Waals surface area contributed by atoms with E-state index in [9.17, 15) is 8.42 Å². The first-order valence-electron chi connectivity index (χ1n) is 5.94. The van der Waals surface area contributed by atoms with Crippen LogP contribution in [-0.2, 0) is 9.84 Å². The summed E-state index contributed by atoms with van der Waals surface area (Å²) in [5.74, 6) is 0.407. The SMILES string of the molecule is CC(C)NC(C#N)CN1CCS(=O)(=O)CC1C. The third kappa shape index (κ3) is 4.62. The molecule has 1 N–H and O–H groups in total. The van der Waals surface area contributed by atoms with Gasteiger partial charge in [-0.05, 0) is 20.8 Å². The molecule has 1 aliphatic rings. The van der Waals surface area contributed by atoms with Crippen LogP contribution in [0, 0.1) is 11.3 Å². The van der Waals surface area contributed by atoms with Gasteiger partial charge < -0.3 is 0 Å². The lowest BCUT2D eigenvalue weighted by atomic mass is 10.2. The lowest BCUT2D eigenvalue weighted by Crippen LogP contribution is -2.52. The van der Waals surface area contributed by atoms with Crippen molar-refractivity contribution < 1.29 is 8.42 Å². The summed E-state index contributed by atoms with van der Waals surface area (Å²) in [6.07, 6.45) is 0. The molecule has 98 valence electrons. The Morgan fingerprint density at radius 2 is 2.18 bits per heavy atom. The Hall–Kier alpha value is -0.640. The molecule has 0 aliphatic carbocycles. The second-order valence-corrected chi connectivity index (χ2v) is 7.19. The maximum Gasteiger partial charge on any atom is 0.153 e. The first-order chi connectivity index (χ1) is 7.84. The molecule has 1 heterocycles. The Balaban J connectivity index is 2.55. The Kier molecular flexibility index (Phi) is 4.92. The van der Waals surface area contributed by atoms with Gasteiger partial charge in [0, 0.05) is 25.2 Å². The van der Waals surface area contributed by atoms with Crippen molar-refractivity contribution in [3.05, 3.63) is 0 Å². The lowest BCUT2D eigenvalue weighted by molar-refractivity contribution is 0.211. The smallest absolute Gasteiger partial charge is 0.153 e. The van der Waals surface area contributed by atoms with E-state index < -0.39 is 9.84 Å². The van der Waals surface area contributed by atoms with Crippen LogP contribution in [0.3, 0.4) is 0 Å². The maximum absolute atomic E-state index is 11.4. The molecule has 0 radical (unpaired) electrons. The summed E-state index contributed by atoms with van der Waals surface area (Å²) in [7, 11) is -2.88. The van der Waals surface area contributed by atoms with Crippen molar-refractivity contribution in [3.63, 3.8) is 0 Å². The van der Waals surface area contributed by atoms with Crippen LogP contribution in [0.1, 0.15) is 20.8 Å². The van der Waals surface area contributed by atoms with Crippen molar-refractivity contribution in [3.8, 4) is 6.07 Å². The molecule has 17 heavy (non-hydrogen) atoms. The van der Waals surface area contributed by atoms with Crippen LogP contribution in [0.15, 0.2) is 0 Å². The second kappa shape index (κ2) is 5.80. The highest BCUT2D eigenvalue weighted by molar-refractivity contribution is 7.91. The fourth-order valence-corrected chi connectivity index (χ4v) is 3.70. The summed E-state index contributed by atoms with van der Waals surface area (Å²) in [4.78, 5) is 2.07. The zero-order chi connectivity index (χ0) is 13.1. The molecule has 1 fully saturated rings. The molecule has 0 spiro atoms. The van der Waals surface area contributed by atoms with Gasteiger partial charge in [-0.3, -0.25) is 10.2 Å². The molecule has 0 aromatic heterocycles. The van der Waals surface area contributed by atoms with Crippen molar-refractivity contribution in [2.24, 2.45) is 0 Å². The maximum atomic E-state index is 11.4. The van der Waals surface area contributed by atoms with Gasteiger partial charge in [-0.25, -0.2) is 8.42 Å². The largest absolute Gasteiger partial charge is 0.299 e. The molecule has 1 rings (SSSR count). The molecule has 6 heteroatoms. The van der Waals surface area contributed by atoms with E-state index in [2.05, 4.69) is 16.3 Å². The van der Waals surface area contributed by atoms with Gasteiger partial charge in [-0.2, -0.15) is 5.26 Å². The predicted molar refractivity (Wildman–Crippen MR) is 67.4 cm³/mol. The quantitative estimate of drug-likeness (QED) is 0.769. The number of rotatable bonds is 4. The Bertz CT molecular complexity index is 386. The van der Waals surface area contributed by atoms with Gasteiger partial charge in [0.1, 0.15) is 6.04 Å². The minimum atomic E-state index is -2.88. The van der Waals surface area contributed by atoms with Gasteiger partial charge >= 0.3 is 0 Å². The van der Waals surface area contributed by atoms with Crippen molar-refractivity contribution in [1.82, 2.24) is 10.2 Å². The minimum absolute atomic E-state index is 0.00133. The molecule has 2 unspecified atom stereocenters. The number of nitriles is 1. The molecule has 0 saturated carbocycles. The molecule has 0 aromatic carbocycles. The fraction of sp³-hybridized carbons (Fsp3) is 0.909. The van der Waals surface area contributed by atoms with Crippen LogP contribution in [0.5, 0.6) is 0 Å². The van der Waals surface area contributed by atoms with Gasteiger partial charge in [-0.15, -0.1) is 0 Å². The Morgan fingerprint density at radius 3 is 2.65 bits per heavy atom. The highest BCUT2D eigenvalue weighted by atomic mass is 32.2. The van der Waals surface area contributed by atoms with E-state index in [0.717, 1.165) is 0 Å². The highest BCUT2D eigenvalue weighted by Crippen LogP contribution is 2.11. The van der Waals surface area contributed by atoms with Crippen molar-refractivity contribution in [1.29, 1.82) is 5.26 Å². The van der Waals surface area contributed by atoms with Crippen LogP contribution in [0.25, 0.3) is 0 Å². The highest BCUT2D eigenvalue weighted by Gasteiger charge is 2.29. The number of sulfone groups is 1. The molecule has 1 saturated heterocycles. The van der Waals surface area contributed by atoms with Crippen LogP contribution in [0.2, 0.25) is 0 Å². The molecule has 2 atom stereocenters. The van der Waals surface area contributed by atoms with E-state index >= 15 is 0 Å². The van der Waals surface area contributed by atoms with Crippen molar-refractivity contribution >= 4 is 9.84 Å². The van der Waals surface area contributed by atoms with Gasteiger partial charge in [0.15, 0.2) is 9.84 Å². The number of hydrogen-bond donors (Lipinski definition) is 1. The molecule has 1 aliphatic heterocycles. The van der Waals surface area contributed by atoms with Crippen molar-refractivity contribution in [2.45, 2.75) is 38.9 Å². The summed E-state index contributed by atoms with van der Waals surface area (Å²) >= 11 is 0. The first kappa shape index (κ1) is 14.4. The molecular weight excluding hydrogens is 238 g/mol. The average Bonchev–Trinajstić information content (AvgIpc) is 2.19. The average molecular weight is 259 g/mol. The third-order valence-corrected chi connectivity index (χ3v) is 4.71. The van der Waals surface area contributed by atoms with Gasteiger partial charge in [0.2, 0.25) is 0 Å². The van der Waals surface area contributed by atoms with E-state index in [1.54, 1.807) is 0 Å². The molecule has 0 aromatic rings. The van der Waals surface area contributed by atoms with Gasteiger partial charge in [-0.1, -0.05) is 0 Å². The summed E-state index contributed by atoms with van der Waals surface area (Å²) in [5.41, 5.74) is 0. The first-order valence-corrected chi connectivity index (χ1v) is 7.76. The van der Waals surface area contributed by atoms with E-state index in [4.69, 9.17) is 5.26 Å². The normalized spacial score (nSPS) is 26.6. The summed E-state index contributed by atoms with van der Waals surface area (Å²) in [6.45, 7) is 7.01. The van der Waals surface area contributed by atoms with Gasteiger partial charge in [0.05, 0.1) is 17.6 Å². The fourth-order valence-electron chi connectivity index (χ4n) is 2.07. The molecule has 0 bridgehead atoms. The minimum Gasteiger partial charge on any atom is -0.299 e. The number of nitrogens with zero attached hydrogens (tertiary/aromatic N) is 2. The molecule has 0 amide bonds. The monoisotopic (exact) mass is 259 g/mol.